The number of nitrogens with zero attached hydrogens (tertiary/aromatic N) is 2. The molecule has 2 rings (SSSR count). The van der Waals surface area contributed by atoms with Gasteiger partial charge in [-0.1, -0.05) is 41.9 Å². The lowest BCUT2D eigenvalue weighted by molar-refractivity contribution is -0.112. The Hall–Kier alpha value is -2.77. The molecule has 0 aliphatic heterocycles. The second-order valence-electron chi connectivity index (χ2n) is 5.02. The molecule has 23 heavy (non-hydrogen) atoms. The van der Waals surface area contributed by atoms with E-state index in [-0.39, 0.29) is 5.57 Å². The van der Waals surface area contributed by atoms with Crippen molar-refractivity contribution in [2.24, 2.45) is 0 Å². The van der Waals surface area contributed by atoms with Gasteiger partial charge >= 0.3 is 0 Å². The van der Waals surface area contributed by atoms with Gasteiger partial charge in [-0.25, -0.2) is 0 Å². The molecule has 0 spiro atoms. The molecule has 0 bridgehead atoms. The Kier molecular flexibility index (Phi) is 5.79. The average Bonchev–Trinajstić information content (AvgIpc) is 2.55. The molecule has 1 amide bonds. The fraction of sp³-hybridized carbons (Fsp3) is 0.111. The number of rotatable bonds is 5. The highest BCUT2D eigenvalue weighted by Crippen LogP contribution is 2.14. The number of hydrogen-bond donors (Lipinski definition) is 1. The van der Waals surface area contributed by atoms with Crippen LogP contribution < -0.4 is 5.32 Å². The van der Waals surface area contributed by atoms with Gasteiger partial charge in [0, 0.05) is 30.5 Å². The largest absolute Gasteiger partial charge is 0.375 e. The number of anilines is 1. The van der Waals surface area contributed by atoms with Crippen LogP contribution in [0.4, 0.5) is 5.69 Å². The molecule has 4 nitrogen and oxygen atoms in total. The number of hydrogen-bond acceptors (Lipinski definition) is 3. The molecule has 0 saturated heterocycles. The number of nitriles is 1. The van der Waals surface area contributed by atoms with E-state index in [1.807, 2.05) is 43.4 Å². The van der Waals surface area contributed by atoms with Gasteiger partial charge in [-0.3, -0.25) is 4.79 Å². The van der Waals surface area contributed by atoms with Crippen molar-refractivity contribution in [1.29, 1.82) is 5.26 Å². The standard InChI is InChI=1S/C18H16ClN3O/c1-22(12-14-5-3-2-4-6-14)13-15(11-20)18(23)21-17-9-7-16(19)8-10-17/h2-10,13H,12H2,1H3,(H,21,23)/b15-13-. The monoisotopic (exact) mass is 325 g/mol. The van der Waals surface area contributed by atoms with Gasteiger partial charge in [0.2, 0.25) is 0 Å². The van der Waals surface area contributed by atoms with E-state index in [1.165, 1.54) is 6.20 Å². The highest BCUT2D eigenvalue weighted by Gasteiger charge is 2.10. The first-order valence-corrected chi connectivity index (χ1v) is 7.39. The van der Waals surface area contributed by atoms with E-state index >= 15 is 0 Å². The Bertz CT molecular complexity index is 733. The zero-order valence-electron chi connectivity index (χ0n) is 12.7. The normalized spacial score (nSPS) is 10.7. The van der Waals surface area contributed by atoms with E-state index in [1.54, 1.807) is 29.2 Å². The maximum absolute atomic E-state index is 12.2. The summed E-state index contributed by atoms with van der Waals surface area (Å²) in [6, 6.07) is 18.5. The van der Waals surface area contributed by atoms with E-state index < -0.39 is 5.91 Å². The summed E-state index contributed by atoms with van der Waals surface area (Å²) in [5.41, 5.74) is 1.73. The van der Waals surface area contributed by atoms with Gasteiger partial charge < -0.3 is 10.2 Å². The van der Waals surface area contributed by atoms with Crippen LogP contribution in [0.15, 0.2) is 66.4 Å². The average molecular weight is 326 g/mol. The van der Waals surface area contributed by atoms with Crippen LogP contribution in [0, 0.1) is 11.3 Å². The number of amides is 1. The summed E-state index contributed by atoms with van der Waals surface area (Å²) in [6.07, 6.45) is 1.54. The van der Waals surface area contributed by atoms with Crippen LogP contribution >= 0.6 is 11.6 Å². The second kappa shape index (κ2) is 8.02. The fourth-order valence-electron chi connectivity index (χ4n) is 2.01. The van der Waals surface area contributed by atoms with Gasteiger partial charge in [0.1, 0.15) is 11.6 Å². The van der Waals surface area contributed by atoms with Crippen LogP contribution in [0.2, 0.25) is 5.02 Å². The smallest absolute Gasteiger partial charge is 0.267 e. The summed E-state index contributed by atoms with van der Waals surface area (Å²) in [6.45, 7) is 0.611. The third-order valence-electron chi connectivity index (χ3n) is 3.09. The van der Waals surface area contributed by atoms with E-state index in [9.17, 15) is 10.1 Å². The maximum atomic E-state index is 12.2. The molecule has 0 saturated carbocycles. The molecular formula is C18H16ClN3O. The molecule has 1 N–H and O–H groups in total. The molecule has 0 heterocycles. The molecule has 0 aliphatic rings. The summed E-state index contributed by atoms with van der Waals surface area (Å²) < 4.78 is 0. The van der Waals surface area contributed by atoms with Crippen LogP contribution in [0.1, 0.15) is 5.56 Å². The summed E-state index contributed by atoms with van der Waals surface area (Å²) in [4.78, 5) is 14.0. The van der Waals surface area contributed by atoms with Gasteiger partial charge in [0.25, 0.3) is 5.91 Å². The van der Waals surface area contributed by atoms with Crippen LogP contribution in [-0.2, 0) is 11.3 Å². The second-order valence-corrected chi connectivity index (χ2v) is 5.45. The lowest BCUT2D eigenvalue weighted by Gasteiger charge is -2.15. The molecule has 5 heteroatoms. The van der Waals surface area contributed by atoms with Gasteiger partial charge in [-0.15, -0.1) is 0 Å². The summed E-state index contributed by atoms with van der Waals surface area (Å²) >= 11 is 5.80. The van der Waals surface area contributed by atoms with Crippen LogP contribution in [0.5, 0.6) is 0 Å². The first-order valence-electron chi connectivity index (χ1n) is 7.01. The Labute approximate surface area is 140 Å². The van der Waals surface area contributed by atoms with Crippen molar-refractivity contribution in [2.75, 3.05) is 12.4 Å². The van der Waals surface area contributed by atoms with E-state index in [0.717, 1.165) is 5.56 Å². The van der Waals surface area contributed by atoms with Crippen LogP contribution in [0.3, 0.4) is 0 Å². The number of carbonyl (C=O) groups is 1. The highest BCUT2D eigenvalue weighted by atomic mass is 35.5. The van der Waals surface area contributed by atoms with Gasteiger partial charge in [0.05, 0.1) is 0 Å². The van der Waals surface area contributed by atoms with E-state index in [2.05, 4.69) is 5.32 Å². The maximum Gasteiger partial charge on any atom is 0.267 e. The van der Waals surface area contributed by atoms with Gasteiger partial charge in [-0.2, -0.15) is 5.26 Å². The lowest BCUT2D eigenvalue weighted by atomic mass is 10.2. The number of carbonyl (C=O) groups excluding carboxylic acids is 1. The van der Waals surface area contributed by atoms with Crippen molar-refractivity contribution >= 4 is 23.2 Å². The zero-order chi connectivity index (χ0) is 16.7. The SMILES string of the molecule is CN(/C=C(/C#N)C(=O)Nc1ccc(Cl)cc1)Cc1ccccc1. The topological polar surface area (TPSA) is 56.1 Å². The molecule has 0 radical (unpaired) electrons. The molecular weight excluding hydrogens is 310 g/mol. The van der Waals surface area contributed by atoms with Crippen molar-refractivity contribution in [3.8, 4) is 6.07 Å². The number of halogens is 1. The predicted octanol–water partition coefficient (Wildman–Crippen LogP) is 3.82. The van der Waals surface area contributed by atoms with Crippen molar-refractivity contribution in [2.45, 2.75) is 6.54 Å². The number of benzene rings is 2. The highest BCUT2D eigenvalue weighted by molar-refractivity contribution is 6.30. The van der Waals surface area contributed by atoms with E-state index in [4.69, 9.17) is 11.6 Å². The van der Waals surface area contributed by atoms with Crippen LogP contribution in [-0.4, -0.2) is 17.9 Å². The van der Waals surface area contributed by atoms with Gasteiger partial charge in [0.15, 0.2) is 0 Å². The Morgan fingerprint density at radius 1 is 1.22 bits per heavy atom. The minimum atomic E-state index is -0.449. The minimum absolute atomic E-state index is 0.0402. The lowest BCUT2D eigenvalue weighted by Crippen LogP contribution is -2.18. The molecule has 116 valence electrons. The molecule has 2 aromatic carbocycles. The van der Waals surface area contributed by atoms with Crippen molar-refractivity contribution in [3.63, 3.8) is 0 Å². The van der Waals surface area contributed by atoms with Gasteiger partial charge in [-0.05, 0) is 29.8 Å². The number of nitrogens with one attached hydrogen (secondary N) is 1. The molecule has 0 aliphatic carbocycles. The minimum Gasteiger partial charge on any atom is -0.375 e. The summed E-state index contributed by atoms with van der Waals surface area (Å²) in [5, 5.41) is 12.5. The molecule has 0 atom stereocenters. The predicted molar refractivity (Wildman–Crippen MR) is 91.7 cm³/mol. The fourth-order valence-corrected chi connectivity index (χ4v) is 2.13. The van der Waals surface area contributed by atoms with Crippen molar-refractivity contribution < 1.29 is 4.79 Å². The summed E-state index contributed by atoms with van der Waals surface area (Å²) in [7, 11) is 1.82. The third kappa shape index (κ3) is 5.17. The molecule has 0 unspecified atom stereocenters. The third-order valence-corrected chi connectivity index (χ3v) is 3.34. The first-order chi connectivity index (χ1) is 11.1. The Morgan fingerprint density at radius 2 is 1.87 bits per heavy atom. The molecule has 0 fully saturated rings. The Morgan fingerprint density at radius 3 is 2.48 bits per heavy atom. The first kappa shape index (κ1) is 16.6. The van der Waals surface area contributed by atoms with Crippen molar-refractivity contribution in [1.82, 2.24) is 4.90 Å². The van der Waals surface area contributed by atoms with Crippen LogP contribution in [0.25, 0.3) is 0 Å². The van der Waals surface area contributed by atoms with E-state index in [0.29, 0.717) is 17.3 Å². The molecule has 0 aromatic heterocycles. The van der Waals surface area contributed by atoms with Crippen molar-refractivity contribution in [3.05, 3.63) is 77.0 Å². The summed E-state index contributed by atoms with van der Waals surface area (Å²) in [5.74, 6) is -0.449. The zero-order valence-corrected chi connectivity index (χ0v) is 13.4. The quantitative estimate of drug-likeness (QED) is 0.671. The molecule has 2 aromatic rings. The Balaban J connectivity index is 2.04.